The molecule has 0 bridgehead atoms. The molecule has 0 aliphatic heterocycles. The molecule has 0 aromatic carbocycles. The maximum absolute atomic E-state index is 11.6. The van der Waals surface area contributed by atoms with Crippen LogP contribution in [0.1, 0.15) is 46.5 Å². The number of hydrogen-bond donors (Lipinski definition) is 3. The van der Waals surface area contributed by atoms with Crippen LogP contribution in [0.4, 0.5) is 5.00 Å². The molecule has 1 aliphatic carbocycles. The normalized spacial score (nSPS) is 13.6. The van der Waals surface area contributed by atoms with Gasteiger partial charge >= 0.3 is 11.9 Å². The minimum Gasteiger partial charge on any atom is -0.481 e. The summed E-state index contributed by atoms with van der Waals surface area (Å²) >= 11 is 1.29. The fourth-order valence-corrected chi connectivity index (χ4v) is 3.59. The van der Waals surface area contributed by atoms with Crippen LogP contribution in [0.15, 0.2) is 0 Å². The van der Waals surface area contributed by atoms with Gasteiger partial charge in [0.15, 0.2) is 0 Å². The number of fused-ring (bicyclic) bond motifs is 1. The number of carboxylic acids is 2. The third kappa shape index (κ3) is 3.16. The number of carbonyl (C=O) groups is 3. The molecule has 1 aromatic rings. The van der Waals surface area contributed by atoms with Gasteiger partial charge in [-0.25, -0.2) is 4.79 Å². The van der Waals surface area contributed by atoms with Gasteiger partial charge in [0, 0.05) is 11.3 Å². The highest BCUT2D eigenvalue weighted by Crippen LogP contribution is 2.38. The molecule has 20 heavy (non-hydrogen) atoms. The first-order valence-corrected chi connectivity index (χ1v) is 7.20. The SMILES string of the molecule is O=C(O)CCC(=O)Nc1sc2c(c1C(=O)O)CCCC2. The lowest BCUT2D eigenvalue weighted by Gasteiger charge is -2.10. The number of hydrogen-bond acceptors (Lipinski definition) is 4. The van der Waals surface area contributed by atoms with Crippen molar-refractivity contribution in [3.63, 3.8) is 0 Å². The summed E-state index contributed by atoms with van der Waals surface area (Å²) in [6.45, 7) is 0. The zero-order valence-electron chi connectivity index (χ0n) is 10.8. The molecule has 0 saturated heterocycles. The van der Waals surface area contributed by atoms with Gasteiger partial charge in [-0.1, -0.05) is 0 Å². The molecule has 108 valence electrons. The van der Waals surface area contributed by atoms with E-state index in [1.165, 1.54) is 11.3 Å². The second kappa shape index (κ2) is 6.04. The van der Waals surface area contributed by atoms with Crippen LogP contribution in [0.3, 0.4) is 0 Å². The van der Waals surface area contributed by atoms with E-state index in [2.05, 4.69) is 5.32 Å². The van der Waals surface area contributed by atoms with Crippen LogP contribution >= 0.6 is 11.3 Å². The minimum absolute atomic E-state index is 0.156. The third-order valence-electron chi connectivity index (χ3n) is 3.20. The van der Waals surface area contributed by atoms with Gasteiger partial charge in [0.05, 0.1) is 12.0 Å². The maximum Gasteiger partial charge on any atom is 0.339 e. The van der Waals surface area contributed by atoms with Gasteiger partial charge < -0.3 is 15.5 Å². The van der Waals surface area contributed by atoms with Gasteiger partial charge in [0.2, 0.25) is 5.91 Å². The van der Waals surface area contributed by atoms with Gasteiger partial charge in [-0.05, 0) is 31.2 Å². The Morgan fingerprint density at radius 3 is 2.45 bits per heavy atom. The van der Waals surface area contributed by atoms with Crippen LogP contribution < -0.4 is 5.32 Å². The van der Waals surface area contributed by atoms with Crippen molar-refractivity contribution in [3.05, 3.63) is 16.0 Å². The number of amides is 1. The Balaban J connectivity index is 2.18. The zero-order chi connectivity index (χ0) is 14.7. The van der Waals surface area contributed by atoms with Crippen molar-refractivity contribution < 1.29 is 24.6 Å². The predicted octanol–water partition coefficient (Wildman–Crippen LogP) is 2.13. The number of carbonyl (C=O) groups excluding carboxylic acids is 1. The summed E-state index contributed by atoms with van der Waals surface area (Å²) in [5, 5.41) is 20.7. The summed E-state index contributed by atoms with van der Waals surface area (Å²) in [6.07, 6.45) is 3.12. The van der Waals surface area contributed by atoms with E-state index >= 15 is 0 Å². The van der Waals surface area contributed by atoms with Gasteiger partial charge in [0.1, 0.15) is 5.00 Å². The van der Waals surface area contributed by atoms with Crippen LogP contribution in [0.5, 0.6) is 0 Å². The van der Waals surface area contributed by atoms with E-state index in [1.54, 1.807) is 0 Å². The average Bonchev–Trinajstić information content (AvgIpc) is 2.74. The van der Waals surface area contributed by atoms with Gasteiger partial charge in [-0.2, -0.15) is 0 Å². The topological polar surface area (TPSA) is 104 Å². The highest BCUT2D eigenvalue weighted by molar-refractivity contribution is 7.17. The Hall–Kier alpha value is -1.89. The van der Waals surface area contributed by atoms with E-state index in [0.717, 1.165) is 36.1 Å². The first-order chi connectivity index (χ1) is 9.49. The Bertz CT molecular complexity index is 563. The molecule has 1 aromatic heterocycles. The lowest BCUT2D eigenvalue weighted by Crippen LogP contribution is -2.15. The molecule has 0 saturated carbocycles. The molecular weight excluding hydrogens is 282 g/mol. The molecule has 0 unspecified atom stereocenters. The van der Waals surface area contributed by atoms with Crippen LogP contribution in [-0.4, -0.2) is 28.1 Å². The second-order valence-electron chi connectivity index (χ2n) is 4.66. The van der Waals surface area contributed by atoms with E-state index < -0.39 is 17.8 Å². The van der Waals surface area contributed by atoms with Gasteiger partial charge in [-0.15, -0.1) is 11.3 Å². The Morgan fingerprint density at radius 2 is 1.80 bits per heavy atom. The molecule has 1 heterocycles. The Morgan fingerprint density at radius 1 is 1.10 bits per heavy atom. The number of aryl methyl sites for hydroxylation is 1. The molecule has 3 N–H and O–H groups in total. The van der Waals surface area contributed by atoms with E-state index in [1.807, 2.05) is 0 Å². The number of aromatic carboxylic acids is 1. The first kappa shape index (κ1) is 14.5. The summed E-state index contributed by atoms with van der Waals surface area (Å²) in [5.41, 5.74) is 0.996. The predicted molar refractivity (Wildman–Crippen MR) is 73.4 cm³/mol. The summed E-state index contributed by atoms with van der Waals surface area (Å²) in [4.78, 5) is 34.4. The third-order valence-corrected chi connectivity index (χ3v) is 4.41. The second-order valence-corrected chi connectivity index (χ2v) is 5.77. The molecule has 6 nitrogen and oxygen atoms in total. The highest BCUT2D eigenvalue weighted by atomic mass is 32.1. The molecule has 0 spiro atoms. The molecule has 1 aliphatic rings. The highest BCUT2D eigenvalue weighted by Gasteiger charge is 2.25. The number of aliphatic carboxylic acids is 1. The molecule has 1 amide bonds. The average molecular weight is 297 g/mol. The molecule has 7 heteroatoms. The number of carboxylic acid groups (broad SMARTS) is 2. The number of rotatable bonds is 5. The summed E-state index contributed by atoms with van der Waals surface area (Å²) in [6, 6.07) is 0. The molecular formula is C13H15NO5S. The van der Waals surface area contributed by atoms with Crippen LogP contribution in [-0.2, 0) is 22.4 Å². The van der Waals surface area contributed by atoms with Crippen molar-refractivity contribution in [1.82, 2.24) is 0 Å². The Labute approximate surface area is 119 Å². The van der Waals surface area contributed by atoms with E-state index in [-0.39, 0.29) is 18.4 Å². The maximum atomic E-state index is 11.6. The number of anilines is 1. The molecule has 2 rings (SSSR count). The van der Waals surface area contributed by atoms with Gasteiger partial charge in [0.25, 0.3) is 0 Å². The summed E-state index contributed by atoms with van der Waals surface area (Å²) in [7, 11) is 0. The van der Waals surface area contributed by atoms with Crippen molar-refractivity contribution in [2.75, 3.05) is 5.32 Å². The number of thiophene rings is 1. The minimum atomic E-state index is -1.05. The molecule has 0 atom stereocenters. The molecule has 0 fully saturated rings. The fraction of sp³-hybridized carbons (Fsp3) is 0.462. The zero-order valence-corrected chi connectivity index (χ0v) is 11.6. The van der Waals surface area contributed by atoms with Crippen molar-refractivity contribution in [3.8, 4) is 0 Å². The largest absolute Gasteiger partial charge is 0.481 e. The van der Waals surface area contributed by atoms with E-state index in [9.17, 15) is 19.5 Å². The lowest BCUT2D eigenvalue weighted by atomic mass is 9.95. The monoisotopic (exact) mass is 297 g/mol. The van der Waals surface area contributed by atoms with E-state index in [0.29, 0.717) is 5.00 Å². The van der Waals surface area contributed by atoms with Crippen molar-refractivity contribution in [2.45, 2.75) is 38.5 Å². The molecule has 0 radical (unpaired) electrons. The number of nitrogens with one attached hydrogen (secondary N) is 1. The van der Waals surface area contributed by atoms with Crippen LogP contribution in [0, 0.1) is 0 Å². The van der Waals surface area contributed by atoms with Crippen molar-refractivity contribution in [1.29, 1.82) is 0 Å². The first-order valence-electron chi connectivity index (χ1n) is 6.38. The lowest BCUT2D eigenvalue weighted by molar-refractivity contribution is -0.138. The standard InChI is InChI=1S/C13H15NO5S/c15-9(5-6-10(16)17)14-12-11(13(18)19)7-3-1-2-4-8(7)20-12/h1-6H2,(H,14,15)(H,16,17)(H,18,19). The quantitative estimate of drug-likeness (QED) is 0.772. The van der Waals surface area contributed by atoms with Gasteiger partial charge in [-0.3, -0.25) is 9.59 Å². The summed E-state index contributed by atoms with van der Waals surface area (Å²) < 4.78 is 0. The van der Waals surface area contributed by atoms with Crippen LogP contribution in [0.25, 0.3) is 0 Å². The van der Waals surface area contributed by atoms with E-state index in [4.69, 9.17) is 5.11 Å². The van der Waals surface area contributed by atoms with Crippen LogP contribution in [0.2, 0.25) is 0 Å². The Kier molecular flexibility index (Phi) is 4.39. The fourth-order valence-electron chi connectivity index (χ4n) is 2.29. The summed E-state index contributed by atoms with van der Waals surface area (Å²) in [5.74, 6) is -2.56. The van der Waals surface area contributed by atoms with Crippen molar-refractivity contribution in [2.24, 2.45) is 0 Å². The smallest absolute Gasteiger partial charge is 0.339 e. The van der Waals surface area contributed by atoms with Crippen molar-refractivity contribution >= 4 is 34.2 Å².